The maximum absolute atomic E-state index is 12.2. The van der Waals surface area contributed by atoms with Crippen molar-refractivity contribution < 1.29 is 23.8 Å². The molecule has 0 aromatic carbocycles. The molecule has 1 aliphatic heterocycles. The lowest BCUT2D eigenvalue weighted by Crippen LogP contribution is -2.29. The van der Waals surface area contributed by atoms with Crippen LogP contribution >= 0.6 is 8.60 Å². The smallest absolute Gasteiger partial charge is 0.351 e. The van der Waals surface area contributed by atoms with Crippen molar-refractivity contribution in [2.45, 2.75) is 51.5 Å². The van der Waals surface area contributed by atoms with E-state index in [4.69, 9.17) is 19.5 Å². The number of nitrogen functional groups attached to an aromatic ring is 1. The van der Waals surface area contributed by atoms with Crippen molar-refractivity contribution in [1.82, 2.24) is 14.9 Å². The van der Waals surface area contributed by atoms with Crippen LogP contribution in [-0.2, 0) is 13.8 Å². The van der Waals surface area contributed by atoms with Crippen LogP contribution in [-0.4, -0.2) is 59.1 Å². The number of aliphatic hydroxyl groups excluding tert-OH is 1. The molecule has 1 aliphatic rings. The zero-order chi connectivity index (χ0) is 21.8. The molecule has 0 amide bonds. The summed E-state index contributed by atoms with van der Waals surface area (Å²) in [5.41, 5.74) is 5.64. The number of ether oxygens (including phenoxy) is 1. The van der Waals surface area contributed by atoms with Gasteiger partial charge in [0.1, 0.15) is 18.1 Å². The summed E-state index contributed by atoms with van der Waals surface area (Å²) < 4.78 is 17.0. The van der Waals surface area contributed by atoms with Crippen LogP contribution in [0.25, 0.3) is 0 Å². The van der Waals surface area contributed by atoms with Crippen LogP contribution in [0.5, 0.6) is 0 Å². The van der Waals surface area contributed by atoms with E-state index >= 15 is 0 Å². The number of nitrogens with zero attached hydrogens (tertiary/aromatic N) is 2. The van der Waals surface area contributed by atoms with E-state index in [9.17, 15) is 14.8 Å². The number of aliphatic hydroxyl groups is 1. The fourth-order valence-corrected chi connectivity index (χ4v) is 3.14. The quantitative estimate of drug-likeness (QED) is 0.267. The number of rotatable bonds is 8. The molecule has 11 heteroatoms. The SMILES string of the molecule is CC.CNCCCC#Cc1cn(C2CC(OP(O)OC)C(CO)O2)c(=O)nc1N. The van der Waals surface area contributed by atoms with Crippen LogP contribution in [0.15, 0.2) is 11.0 Å². The highest BCUT2D eigenvalue weighted by atomic mass is 31.2. The second kappa shape index (κ2) is 13.6. The molecule has 2 heterocycles. The Morgan fingerprint density at radius 2 is 2.24 bits per heavy atom. The third-order valence-corrected chi connectivity index (χ3v) is 4.75. The van der Waals surface area contributed by atoms with Gasteiger partial charge in [-0.1, -0.05) is 25.7 Å². The molecule has 5 N–H and O–H groups in total. The summed E-state index contributed by atoms with van der Waals surface area (Å²) in [6.07, 6.45) is 1.24. The summed E-state index contributed by atoms with van der Waals surface area (Å²) in [6, 6.07) is 0. The number of anilines is 1. The molecular weight excluding hydrogens is 399 g/mol. The van der Waals surface area contributed by atoms with Crippen molar-refractivity contribution in [3.63, 3.8) is 0 Å². The molecule has 2 rings (SSSR count). The Morgan fingerprint density at radius 1 is 1.52 bits per heavy atom. The minimum atomic E-state index is -2.08. The normalized spacial score (nSPS) is 21.7. The van der Waals surface area contributed by atoms with Crippen LogP contribution in [0.2, 0.25) is 0 Å². The van der Waals surface area contributed by atoms with Crippen LogP contribution in [0.4, 0.5) is 5.82 Å². The van der Waals surface area contributed by atoms with Crippen LogP contribution in [0.3, 0.4) is 0 Å². The van der Waals surface area contributed by atoms with Gasteiger partial charge in [0.05, 0.1) is 18.3 Å². The minimum absolute atomic E-state index is 0.0557. The van der Waals surface area contributed by atoms with E-state index in [0.717, 1.165) is 13.0 Å². The molecule has 0 aliphatic carbocycles. The van der Waals surface area contributed by atoms with Crippen molar-refractivity contribution in [2.24, 2.45) is 0 Å². The van der Waals surface area contributed by atoms with Gasteiger partial charge in [-0.15, -0.1) is 0 Å². The Kier molecular flexibility index (Phi) is 12.0. The van der Waals surface area contributed by atoms with Crippen molar-refractivity contribution >= 4 is 14.4 Å². The van der Waals surface area contributed by atoms with Crippen molar-refractivity contribution in [3.05, 3.63) is 22.2 Å². The number of nitrogens with one attached hydrogen (secondary N) is 1. The second-order valence-corrected chi connectivity index (χ2v) is 6.90. The number of aromatic nitrogens is 2. The van der Waals surface area contributed by atoms with Gasteiger partial charge in [-0.25, -0.2) is 4.79 Å². The predicted octanol–water partition coefficient (Wildman–Crippen LogP) is 0.733. The Morgan fingerprint density at radius 3 is 2.86 bits per heavy atom. The van der Waals surface area contributed by atoms with Crippen LogP contribution in [0, 0.1) is 11.8 Å². The molecular formula is C18H31N4O6P. The van der Waals surface area contributed by atoms with Gasteiger partial charge in [0.15, 0.2) is 0 Å². The lowest BCUT2D eigenvalue weighted by atomic mass is 10.2. The number of unbranched alkanes of at least 4 members (excludes halogenated alkanes) is 1. The lowest BCUT2D eigenvalue weighted by molar-refractivity contribution is -0.0436. The van der Waals surface area contributed by atoms with Crippen molar-refractivity contribution in [2.75, 3.05) is 33.0 Å². The Labute approximate surface area is 172 Å². The maximum atomic E-state index is 12.2. The highest BCUT2D eigenvalue weighted by Crippen LogP contribution is 2.40. The summed E-state index contributed by atoms with van der Waals surface area (Å²) in [7, 11) is 1.10. The Hall–Kier alpha value is -1.57. The van der Waals surface area contributed by atoms with Gasteiger partial charge in [-0.05, 0) is 20.0 Å². The van der Waals surface area contributed by atoms with E-state index < -0.39 is 32.7 Å². The molecule has 0 bridgehead atoms. The first-order valence-electron chi connectivity index (χ1n) is 9.48. The summed E-state index contributed by atoms with van der Waals surface area (Å²) in [5.74, 6) is 5.98. The molecule has 0 radical (unpaired) electrons. The van der Waals surface area contributed by atoms with Gasteiger partial charge in [0.25, 0.3) is 0 Å². The monoisotopic (exact) mass is 430 g/mol. The topological polar surface area (TPSA) is 141 Å². The van der Waals surface area contributed by atoms with E-state index in [1.165, 1.54) is 17.9 Å². The van der Waals surface area contributed by atoms with Crippen molar-refractivity contribution in [1.29, 1.82) is 0 Å². The maximum Gasteiger partial charge on any atom is 0.351 e. The van der Waals surface area contributed by atoms with Gasteiger partial charge >= 0.3 is 14.3 Å². The van der Waals surface area contributed by atoms with Gasteiger partial charge in [-0.2, -0.15) is 4.98 Å². The zero-order valence-corrected chi connectivity index (χ0v) is 18.2. The first-order valence-corrected chi connectivity index (χ1v) is 10.6. The molecule has 1 fully saturated rings. The standard InChI is InChI=1S/C16H25N4O6P.C2H6/c1-18-7-5-3-4-6-11-9-20(16(22)19-15(11)17)14-8-12(13(10-21)25-14)26-27(23)24-2;1-2/h9,12-14,18,21,23H,3,5,7-8,10H2,1-2H3,(H2,17,19,22);1-2H3. The van der Waals surface area contributed by atoms with Gasteiger partial charge in [-0.3, -0.25) is 4.57 Å². The average Bonchev–Trinajstić information content (AvgIpc) is 3.13. The highest BCUT2D eigenvalue weighted by molar-refractivity contribution is 7.40. The van der Waals surface area contributed by atoms with Gasteiger partial charge < -0.3 is 34.8 Å². The fourth-order valence-electron chi connectivity index (χ4n) is 2.60. The number of nitrogens with two attached hydrogens (primary N) is 1. The summed E-state index contributed by atoms with van der Waals surface area (Å²) in [5, 5.41) is 12.5. The third-order valence-electron chi connectivity index (χ3n) is 3.99. The van der Waals surface area contributed by atoms with E-state index in [1.807, 2.05) is 20.9 Å². The largest absolute Gasteiger partial charge is 0.394 e. The summed E-state index contributed by atoms with van der Waals surface area (Å²) in [4.78, 5) is 25.6. The molecule has 0 spiro atoms. The molecule has 1 aromatic heterocycles. The van der Waals surface area contributed by atoms with Crippen LogP contribution in [0.1, 0.15) is 44.9 Å². The molecule has 1 saturated heterocycles. The molecule has 29 heavy (non-hydrogen) atoms. The van der Waals surface area contributed by atoms with Crippen molar-refractivity contribution in [3.8, 4) is 11.8 Å². The minimum Gasteiger partial charge on any atom is -0.394 e. The van der Waals surface area contributed by atoms with E-state index in [2.05, 4.69) is 22.1 Å². The summed E-state index contributed by atoms with van der Waals surface area (Å²) >= 11 is 0. The average molecular weight is 430 g/mol. The van der Waals surface area contributed by atoms with Crippen LogP contribution < -0.4 is 16.7 Å². The van der Waals surface area contributed by atoms with Gasteiger partial charge in [0.2, 0.25) is 0 Å². The first-order chi connectivity index (χ1) is 14.0. The molecule has 10 nitrogen and oxygen atoms in total. The number of hydrogen-bond donors (Lipinski definition) is 4. The second-order valence-electron chi connectivity index (χ2n) is 5.85. The molecule has 164 valence electrons. The van der Waals surface area contributed by atoms with E-state index in [-0.39, 0.29) is 18.8 Å². The predicted molar refractivity (Wildman–Crippen MR) is 111 cm³/mol. The number of hydrogen-bond acceptors (Lipinski definition) is 9. The Balaban J connectivity index is 0.00000204. The van der Waals surface area contributed by atoms with E-state index in [0.29, 0.717) is 12.0 Å². The summed E-state index contributed by atoms with van der Waals surface area (Å²) in [6.45, 7) is 4.53. The Bertz CT molecular complexity index is 735. The molecule has 4 atom stereocenters. The van der Waals surface area contributed by atoms with E-state index in [1.54, 1.807) is 0 Å². The lowest BCUT2D eigenvalue weighted by Gasteiger charge is -2.17. The molecule has 4 unspecified atom stereocenters. The zero-order valence-electron chi connectivity index (χ0n) is 17.3. The molecule has 1 aromatic rings. The molecule has 0 saturated carbocycles. The first kappa shape index (κ1) is 25.5. The third kappa shape index (κ3) is 7.64. The fraction of sp³-hybridized carbons (Fsp3) is 0.667. The van der Waals surface area contributed by atoms with Gasteiger partial charge in [0, 0.05) is 26.1 Å². The highest BCUT2D eigenvalue weighted by Gasteiger charge is 2.39.